The van der Waals surface area contributed by atoms with Gasteiger partial charge in [0.05, 0.1) is 5.56 Å². The van der Waals surface area contributed by atoms with Gasteiger partial charge in [0.25, 0.3) is 5.91 Å². The van der Waals surface area contributed by atoms with Crippen LogP contribution in [0.25, 0.3) is 0 Å². The molecule has 0 saturated heterocycles. The molecule has 0 spiro atoms. The minimum Gasteiger partial charge on any atom is -0.312 e. The van der Waals surface area contributed by atoms with Crippen molar-refractivity contribution in [3.63, 3.8) is 0 Å². The van der Waals surface area contributed by atoms with E-state index in [-0.39, 0.29) is 5.91 Å². The number of hydrogen-bond donors (Lipinski definition) is 1. The summed E-state index contributed by atoms with van der Waals surface area (Å²) in [5.74, 6) is 0.494. The highest BCUT2D eigenvalue weighted by atomic mass is 32.1. The van der Waals surface area contributed by atoms with Gasteiger partial charge < -0.3 is 5.32 Å². The number of carbonyl (C=O) groups excluding carboxylic acids is 1. The number of anilines is 1. The average Bonchev–Trinajstić information content (AvgIpc) is 2.97. The van der Waals surface area contributed by atoms with E-state index in [9.17, 15) is 10.1 Å². The van der Waals surface area contributed by atoms with Gasteiger partial charge in [-0.3, -0.25) is 4.79 Å². The zero-order valence-corrected chi connectivity index (χ0v) is 16.8. The Labute approximate surface area is 160 Å². The Balaban J connectivity index is 1.88. The summed E-state index contributed by atoms with van der Waals surface area (Å²) in [6, 6.07) is 9.88. The average molecular weight is 367 g/mol. The Bertz CT molecular complexity index is 873. The van der Waals surface area contributed by atoms with Crippen molar-refractivity contribution in [1.29, 1.82) is 5.26 Å². The number of carbonyl (C=O) groups is 1. The third-order valence-electron chi connectivity index (χ3n) is 6.01. The van der Waals surface area contributed by atoms with E-state index in [0.717, 1.165) is 36.8 Å². The van der Waals surface area contributed by atoms with Crippen LogP contribution in [0.3, 0.4) is 0 Å². The van der Waals surface area contributed by atoms with Gasteiger partial charge >= 0.3 is 0 Å². The van der Waals surface area contributed by atoms with E-state index in [0.29, 0.717) is 27.5 Å². The molecular formula is C22H26N2OS. The minimum atomic E-state index is -0.136. The first-order valence-corrected chi connectivity index (χ1v) is 10.1. The molecule has 26 heavy (non-hydrogen) atoms. The largest absolute Gasteiger partial charge is 0.312 e. The predicted octanol–water partition coefficient (Wildman–Crippen LogP) is 5.72. The molecule has 0 aliphatic heterocycles. The van der Waals surface area contributed by atoms with E-state index in [2.05, 4.69) is 32.2 Å². The molecule has 1 aromatic heterocycles. The van der Waals surface area contributed by atoms with Gasteiger partial charge in [0, 0.05) is 10.4 Å². The van der Waals surface area contributed by atoms with Crippen LogP contribution in [-0.2, 0) is 12.8 Å². The highest BCUT2D eigenvalue weighted by molar-refractivity contribution is 7.16. The summed E-state index contributed by atoms with van der Waals surface area (Å²) in [5, 5.41) is 13.4. The van der Waals surface area contributed by atoms with Gasteiger partial charge in [0.2, 0.25) is 0 Å². The molecular weight excluding hydrogens is 340 g/mol. The van der Waals surface area contributed by atoms with Crippen molar-refractivity contribution in [2.75, 3.05) is 5.32 Å². The molecule has 136 valence electrons. The molecule has 1 aromatic carbocycles. The van der Waals surface area contributed by atoms with Crippen LogP contribution < -0.4 is 5.32 Å². The standard InChI is InChI=1S/C22H26N2OS/c1-5-22(3,4)15-10-11-17-18(13-23)21(26-19(17)12-15)24-20(25)16-9-7-6-8-14(16)2/h6-9,15H,5,10-12H2,1-4H3,(H,24,25)/t15-/m1/s1. The summed E-state index contributed by atoms with van der Waals surface area (Å²) in [6.07, 6.45) is 4.21. The summed E-state index contributed by atoms with van der Waals surface area (Å²) in [6.45, 7) is 8.85. The van der Waals surface area contributed by atoms with Crippen molar-refractivity contribution in [3.8, 4) is 6.07 Å². The number of aryl methyl sites for hydroxylation is 1. The number of benzene rings is 1. The molecule has 1 aliphatic rings. The van der Waals surface area contributed by atoms with Crippen LogP contribution in [0.15, 0.2) is 24.3 Å². The molecule has 3 rings (SSSR count). The maximum atomic E-state index is 12.7. The molecule has 0 fully saturated rings. The number of thiophene rings is 1. The molecule has 1 aliphatic carbocycles. The van der Waals surface area contributed by atoms with Crippen LogP contribution in [0.2, 0.25) is 0 Å². The van der Waals surface area contributed by atoms with E-state index >= 15 is 0 Å². The number of rotatable bonds is 4. The fraction of sp³-hybridized carbons (Fsp3) is 0.455. The van der Waals surface area contributed by atoms with Crippen molar-refractivity contribution >= 4 is 22.2 Å². The van der Waals surface area contributed by atoms with Crippen LogP contribution in [0.5, 0.6) is 0 Å². The fourth-order valence-corrected chi connectivity index (χ4v) is 5.02. The third-order valence-corrected chi connectivity index (χ3v) is 7.18. The Morgan fingerprint density at radius 2 is 2.12 bits per heavy atom. The number of hydrogen-bond acceptors (Lipinski definition) is 3. The molecule has 0 bridgehead atoms. The van der Waals surface area contributed by atoms with Crippen LogP contribution in [-0.4, -0.2) is 5.91 Å². The van der Waals surface area contributed by atoms with Gasteiger partial charge in [0.15, 0.2) is 0 Å². The summed E-state index contributed by atoms with van der Waals surface area (Å²) < 4.78 is 0. The van der Waals surface area contributed by atoms with E-state index in [1.165, 1.54) is 4.88 Å². The second-order valence-electron chi connectivity index (χ2n) is 7.87. The molecule has 1 atom stereocenters. The quantitative estimate of drug-likeness (QED) is 0.752. The van der Waals surface area contributed by atoms with Crippen molar-refractivity contribution in [2.45, 2.75) is 53.4 Å². The van der Waals surface area contributed by atoms with E-state index in [4.69, 9.17) is 0 Å². The number of fused-ring (bicyclic) bond motifs is 1. The van der Waals surface area contributed by atoms with Gasteiger partial charge in [-0.2, -0.15) is 5.26 Å². The Morgan fingerprint density at radius 1 is 1.38 bits per heavy atom. The highest BCUT2D eigenvalue weighted by Crippen LogP contribution is 2.45. The normalized spacial score (nSPS) is 16.7. The zero-order chi connectivity index (χ0) is 18.9. The fourth-order valence-electron chi connectivity index (χ4n) is 3.75. The molecule has 1 N–H and O–H groups in total. The van der Waals surface area contributed by atoms with Gasteiger partial charge in [0.1, 0.15) is 11.1 Å². The Kier molecular flexibility index (Phi) is 5.20. The Morgan fingerprint density at radius 3 is 2.77 bits per heavy atom. The summed E-state index contributed by atoms with van der Waals surface area (Å²) in [4.78, 5) is 13.9. The van der Waals surface area contributed by atoms with Crippen LogP contribution >= 0.6 is 11.3 Å². The topological polar surface area (TPSA) is 52.9 Å². The highest BCUT2D eigenvalue weighted by Gasteiger charge is 2.34. The molecule has 0 saturated carbocycles. The predicted molar refractivity (Wildman–Crippen MR) is 108 cm³/mol. The third kappa shape index (κ3) is 3.41. The van der Waals surface area contributed by atoms with Crippen molar-refractivity contribution in [2.24, 2.45) is 11.3 Å². The molecule has 0 radical (unpaired) electrons. The lowest BCUT2D eigenvalue weighted by Gasteiger charge is -2.36. The molecule has 4 heteroatoms. The first kappa shape index (κ1) is 18.7. The number of nitrogens with zero attached hydrogens (tertiary/aromatic N) is 1. The molecule has 1 amide bonds. The molecule has 0 unspecified atom stereocenters. The van der Waals surface area contributed by atoms with Crippen molar-refractivity contribution in [1.82, 2.24) is 0 Å². The number of nitrogens with one attached hydrogen (secondary N) is 1. The second-order valence-corrected chi connectivity index (χ2v) is 8.98. The minimum absolute atomic E-state index is 0.136. The van der Waals surface area contributed by atoms with Gasteiger partial charge in [-0.1, -0.05) is 45.4 Å². The monoisotopic (exact) mass is 366 g/mol. The van der Waals surface area contributed by atoms with Crippen LogP contribution in [0.1, 0.15) is 65.5 Å². The van der Waals surface area contributed by atoms with E-state index in [1.807, 2.05) is 31.2 Å². The maximum absolute atomic E-state index is 12.7. The van der Waals surface area contributed by atoms with Gasteiger partial charge in [-0.25, -0.2) is 0 Å². The summed E-state index contributed by atoms with van der Waals surface area (Å²) in [7, 11) is 0. The molecule has 3 nitrogen and oxygen atoms in total. The lowest BCUT2D eigenvalue weighted by Crippen LogP contribution is -2.28. The summed E-state index contributed by atoms with van der Waals surface area (Å²) >= 11 is 1.59. The van der Waals surface area contributed by atoms with E-state index < -0.39 is 0 Å². The zero-order valence-electron chi connectivity index (χ0n) is 16.0. The van der Waals surface area contributed by atoms with Crippen LogP contribution in [0.4, 0.5) is 5.00 Å². The number of nitriles is 1. The lowest BCUT2D eigenvalue weighted by atomic mass is 9.69. The van der Waals surface area contributed by atoms with Crippen molar-refractivity contribution in [3.05, 3.63) is 51.4 Å². The van der Waals surface area contributed by atoms with E-state index in [1.54, 1.807) is 11.3 Å². The lowest BCUT2D eigenvalue weighted by molar-refractivity contribution is 0.102. The molecule has 1 heterocycles. The van der Waals surface area contributed by atoms with Crippen LogP contribution in [0, 0.1) is 29.6 Å². The second kappa shape index (κ2) is 7.25. The molecule has 2 aromatic rings. The maximum Gasteiger partial charge on any atom is 0.256 e. The summed E-state index contributed by atoms with van der Waals surface area (Å²) in [5.41, 5.74) is 3.72. The number of amides is 1. The first-order chi connectivity index (χ1) is 12.4. The first-order valence-electron chi connectivity index (χ1n) is 9.29. The SMILES string of the molecule is CCC(C)(C)[C@@H]1CCc2c(sc(NC(=O)c3ccccc3C)c2C#N)C1. The Hall–Kier alpha value is -2.12. The smallest absolute Gasteiger partial charge is 0.256 e. The van der Waals surface area contributed by atoms with Gasteiger partial charge in [-0.15, -0.1) is 11.3 Å². The van der Waals surface area contributed by atoms with Gasteiger partial charge in [-0.05, 0) is 54.7 Å². The van der Waals surface area contributed by atoms with Crippen molar-refractivity contribution < 1.29 is 4.79 Å².